The van der Waals surface area contributed by atoms with Crippen LogP contribution < -0.4 is 16.4 Å². The molecule has 0 radical (unpaired) electrons. The number of ketones is 2. The second-order valence-corrected chi connectivity index (χ2v) is 11.5. The standard InChI is InChI=1S/C30H34N4O8/c1-32-18-11-16(19-6-5-14(42-19)12-34-7-3-4-8-34)24(35)21-15(18)9-13-10-17-23(33-2)26(37)22(29(31)40)28(39)30(17,41)27(38)20(13)25(21)36/h5-6,11,13,17,23,32-33,35-36,39,41H,3-4,7-10,12H2,1-2H3,(H2,31,40)/t13-,17-,23-,30-/m0/s1. The molecule has 2 fully saturated rings. The number of phenolic OH excluding ortho intramolecular Hbond substituents is 1. The number of benzene rings is 1. The Bertz CT molecular complexity index is 1580. The van der Waals surface area contributed by atoms with Gasteiger partial charge in [0, 0.05) is 24.2 Å². The van der Waals surface area contributed by atoms with Crippen LogP contribution in [0, 0.1) is 11.8 Å². The maximum Gasteiger partial charge on any atom is 0.255 e. The minimum atomic E-state index is -2.69. The minimum absolute atomic E-state index is 0.00615. The van der Waals surface area contributed by atoms with E-state index in [1.165, 1.54) is 7.05 Å². The second-order valence-electron chi connectivity index (χ2n) is 11.5. The van der Waals surface area contributed by atoms with E-state index < -0.39 is 58.0 Å². The summed E-state index contributed by atoms with van der Waals surface area (Å²) in [4.78, 5) is 41.4. The van der Waals surface area contributed by atoms with Crippen LogP contribution >= 0.6 is 0 Å². The molecule has 4 atom stereocenters. The van der Waals surface area contributed by atoms with Crippen LogP contribution in [0.15, 0.2) is 39.5 Å². The molecule has 1 saturated carbocycles. The van der Waals surface area contributed by atoms with Gasteiger partial charge in [-0.15, -0.1) is 0 Å². The zero-order chi connectivity index (χ0) is 30.1. The molecule has 12 nitrogen and oxygen atoms in total. The van der Waals surface area contributed by atoms with E-state index in [9.17, 15) is 34.8 Å². The van der Waals surface area contributed by atoms with Crippen molar-refractivity contribution in [2.45, 2.75) is 43.9 Å². The summed E-state index contributed by atoms with van der Waals surface area (Å²) in [7, 11) is 3.14. The molecular weight excluding hydrogens is 544 g/mol. The zero-order valence-corrected chi connectivity index (χ0v) is 23.4. The van der Waals surface area contributed by atoms with Crippen molar-refractivity contribution in [3.63, 3.8) is 0 Å². The third-order valence-corrected chi connectivity index (χ3v) is 9.29. The third-order valence-electron chi connectivity index (χ3n) is 9.29. The van der Waals surface area contributed by atoms with Gasteiger partial charge >= 0.3 is 0 Å². The summed E-state index contributed by atoms with van der Waals surface area (Å²) in [5.74, 6) is -5.83. The number of nitrogens with one attached hydrogen (secondary N) is 2. The van der Waals surface area contributed by atoms with Crippen molar-refractivity contribution in [1.29, 1.82) is 0 Å². The lowest BCUT2D eigenvalue weighted by atomic mass is 9.57. The van der Waals surface area contributed by atoms with Gasteiger partial charge in [0.05, 0.1) is 23.7 Å². The first-order chi connectivity index (χ1) is 20.0. The van der Waals surface area contributed by atoms with E-state index in [1.54, 1.807) is 19.2 Å². The zero-order valence-electron chi connectivity index (χ0n) is 23.4. The Balaban J connectivity index is 1.47. The Morgan fingerprint density at radius 3 is 2.52 bits per heavy atom. The average molecular weight is 579 g/mol. The van der Waals surface area contributed by atoms with Crippen LogP contribution in [0.1, 0.15) is 36.1 Å². The number of hydrogen-bond acceptors (Lipinski definition) is 11. The molecule has 6 rings (SSSR count). The average Bonchev–Trinajstić information content (AvgIpc) is 3.64. The number of primary amides is 1. The largest absolute Gasteiger partial charge is 0.508 e. The maximum absolute atomic E-state index is 14.0. The lowest BCUT2D eigenvalue weighted by Gasteiger charge is -2.49. The normalized spacial score (nSPS) is 27.6. The van der Waals surface area contributed by atoms with Gasteiger partial charge in [-0.3, -0.25) is 19.3 Å². The van der Waals surface area contributed by atoms with Crippen LogP contribution in [0.3, 0.4) is 0 Å². The van der Waals surface area contributed by atoms with E-state index >= 15 is 0 Å². The van der Waals surface area contributed by atoms with E-state index in [4.69, 9.17) is 10.2 Å². The van der Waals surface area contributed by atoms with E-state index in [0.29, 0.717) is 29.1 Å². The number of amides is 1. The number of nitrogens with zero attached hydrogens (tertiary/aromatic N) is 1. The highest BCUT2D eigenvalue weighted by Gasteiger charge is 2.63. The van der Waals surface area contributed by atoms with E-state index in [-0.39, 0.29) is 29.7 Å². The molecule has 2 heterocycles. The molecule has 0 spiro atoms. The molecule has 4 aliphatic rings. The number of likely N-dealkylation sites (tertiary alicyclic amines) is 1. The summed E-state index contributed by atoms with van der Waals surface area (Å²) in [5, 5.41) is 51.6. The first-order valence-electron chi connectivity index (χ1n) is 14.1. The van der Waals surface area contributed by atoms with Crippen LogP contribution in [-0.2, 0) is 27.3 Å². The number of likely N-dealkylation sites (N-methyl/N-ethyl adjacent to an activating group) is 1. The number of rotatable bonds is 6. The second kappa shape index (κ2) is 10.0. The highest BCUT2D eigenvalue weighted by Crippen LogP contribution is 2.54. The Morgan fingerprint density at radius 1 is 1.17 bits per heavy atom. The van der Waals surface area contributed by atoms with Crippen LogP contribution in [0.25, 0.3) is 17.1 Å². The van der Waals surface area contributed by atoms with Crippen molar-refractivity contribution < 1.29 is 39.2 Å². The molecule has 1 aromatic heterocycles. The number of carbonyl (C=O) groups is 3. The Hall–Kier alpha value is -4.13. The van der Waals surface area contributed by atoms with Crippen LogP contribution in [-0.4, -0.2) is 81.6 Å². The van der Waals surface area contributed by atoms with Gasteiger partial charge in [-0.1, -0.05) is 0 Å². The molecule has 3 aliphatic carbocycles. The van der Waals surface area contributed by atoms with Crippen LogP contribution in [0.5, 0.6) is 5.75 Å². The predicted octanol–water partition coefficient (Wildman–Crippen LogP) is 1.52. The highest BCUT2D eigenvalue weighted by molar-refractivity contribution is 6.24. The molecule has 1 aromatic carbocycles. The van der Waals surface area contributed by atoms with Gasteiger partial charge in [0.1, 0.15) is 34.4 Å². The number of aliphatic hydroxyl groups is 3. The van der Waals surface area contributed by atoms with E-state index in [0.717, 1.165) is 31.7 Å². The maximum atomic E-state index is 14.0. The number of Topliss-reactive ketones (excluding diaryl/α,β-unsaturated/α-hetero) is 2. The molecule has 1 amide bonds. The van der Waals surface area contributed by atoms with Crippen molar-refractivity contribution in [1.82, 2.24) is 10.2 Å². The van der Waals surface area contributed by atoms with Crippen molar-refractivity contribution in [2.75, 3.05) is 32.5 Å². The molecule has 1 saturated heterocycles. The Morgan fingerprint density at radius 2 is 1.88 bits per heavy atom. The molecule has 8 N–H and O–H groups in total. The van der Waals surface area contributed by atoms with Crippen molar-refractivity contribution in [3.05, 3.63) is 52.0 Å². The molecule has 42 heavy (non-hydrogen) atoms. The topological polar surface area (TPSA) is 199 Å². The fraction of sp³-hybridized carbons (Fsp3) is 0.433. The summed E-state index contributed by atoms with van der Waals surface area (Å²) in [6.07, 6.45) is 2.47. The molecule has 0 bridgehead atoms. The van der Waals surface area contributed by atoms with Crippen molar-refractivity contribution in [3.8, 4) is 17.1 Å². The van der Waals surface area contributed by atoms with Gasteiger partial charge in [-0.05, 0) is 75.5 Å². The number of phenols is 1. The number of nitrogens with two attached hydrogens (primary N) is 1. The smallest absolute Gasteiger partial charge is 0.255 e. The SMILES string of the molecule is CNc1cc(-c2ccc(CN3CCCC3)o2)c(O)c2c1C[C@H]1C[C@H]3[C@H](NC)C(=O)C(C(N)=O)=C(O)[C@@]3(O)C(=O)C1=C2O. The van der Waals surface area contributed by atoms with Crippen molar-refractivity contribution in [2.24, 2.45) is 17.6 Å². The predicted molar refractivity (Wildman–Crippen MR) is 151 cm³/mol. The van der Waals surface area contributed by atoms with E-state index in [1.807, 2.05) is 6.07 Å². The lowest BCUT2D eigenvalue weighted by molar-refractivity contribution is -0.150. The Labute approximate surface area is 241 Å². The van der Waals surface area contributed by atoms with Gasteiger partial charge in [-0.25, -0.2) is 0 Å². The molecule has 1 aliphatic heterocycles. The van der Waals surface area contributed by atoms with Crippen LogP contribution in [0.2, 0.25) is 0 Å². The summed E-state index contributed by atoms with van der Waals surface area (Å²) < 4.78 is 6.08. The number of hydrogen-bond donors (Lipinski definition) is 7. The summed E-state index contributed by atoms with van der Waals surface area (Å²) in [5.41, 5.74) is 3.04. The molecule has 2 aromatic rings. The van der Waals surface area contributed by atoms with Gasteiger partial charge in [0.25, 0.3) is 5.91 Å². The number of aromatic hydroxyl groups is 1. The Kier molecular flexibility index (Phi) is 6.67. The third kappa shape index (κ3) is 3.89. The number of aliphatic hydroxyl groups excluding tert-OH is 2. The van der Waals surface area contributed by atoms with Gasteiger partial charge in [0.15, 0.2) is 11.4 Å². The number of fused-ring (bicyclic) bond motifs is 3. The molecule has 0 unspecified atom stereocenters. The summed E-state index contributed by atoms with van der Waals surface area (Å²) >= 11 is 0. The lowest BCUT2D eigenvalue weighted by Crippen LogP contribution is -2.65. The number of anilines is 1. The minimum Gasteiger partial charge on any atom is -0.508 e. The van der Waals surface area contributed by atoms with Crippen LogP contribution in [0.4, 0.5) is 5.69 Å². The van der Waals surface area contributed by atoms with Crippen molar-refractivity contribution >= 4 is 28.9 Å². The fourth-order valence-corrected chi connectivity index (χ4v) is 7.26. The molecular formula is C30H34N4O8. The van der Waals surface area contributed by atoms with E-state index in [2.05, 4.69) is 15.5 Å². The number of carbonyl (C=O) groups excluding carboxylic acids is 3. The van der Waals surface area contributed by atoms with Gasteiger partial charge < -0.3 is 41.2 Å². The monoisotopic (exact) mass is 578 g/mol. The van der Waals surface area contributed by atoms with Gasteiger partial charge in [0.2, 0.25) is 5.78 Å². The first kappa shape index (κ1) is 28.0. The summed E-state index contributed by atoms with van der Waals surface area (Å²) in [6, 6.07) is 4.12. The molecule has 222 valence electrons. The number of furan rings is 1. The highest BCUT2D eigenvalue weighted by atomic mass is 16.4. The van der Waals surface area contributed by atoms with Gasteiger partial charge in [-0.2, -0.15) is 0 Å². The fourth-order valence-electron chi connectivity index (χ4n) is 7.26. The first-order valence-corrected chi connectivity index (χ1v) is 14.1. The summed E-state index contributed by atoms with van der Waals surface area (Å²) in [6.45, 7) is 2.61. The molecule has 12 heteroatoms. The quantitative estimate of drug-likeness (QED) is 0.194.